The monoisotopic (exact) mass is 236 g/mol. The van der Waals surface area contributed by atoms with Crippen molar-refractivity contribution in [1.82, 2.24) is 0 Å². The average Bonchev–Trinajstić information content (AvgIpc) is 2.79. The van der Waals surface area contributed by atoms with E-state index in [2.05, 4.69) is 13.0 Å². The first-order valence-electron chi connectivity index (χ1n) is 6.01. The van der Waals surface area contributed by atoms with Gasteiger partial charge in [0.2, 0.25) is 0 Å². The summed E-state index contributed by atoms with van der Waals surface area (Å²) >= 11 is 0. The van der Waals surface area contributed by atoms with Crippen molar-refractivity contribution in [2.24, 2.45) is 5.41 Å². The van der Waals surface area contributed by atoms with E-state index in [9.17, 15) is 5.11 Å². The normalized spacial score (nSPS) is 23.9. The van der Waals surface area contributed by atoms with Gasteiger partial charge in [0.25, 0.3) is 0 Å². The molecule has 2 rings (SSSR count). The number of aliphatic hydroxyl groups excluding tert-OH is 1. The molecule has 1 N–H and O–H groups in total. The first kappa shape index (κ1) is 12.4. The maximum absolute atomic E-state index is 9.59. The summed E-state index contributed by atoms with van der Waals surface area (Å²) in [5.41, 5.74) is 2.25. The number of ether oxygens (including phenoxy) is 2. The molecule has 1 aliphatic rings. The van der Waals surface area contributed by atoms with Crippen LogP contribution in [0.4, 0.5) is 0 Å². The van der Waals surface area contributed by atoms with Crippen LogP contribution in [0.2, 0.25) is 0 Å². The molecule has 1 atom stereocenters. The number of hydrogen-bond donors (Lipinski definition) is 1. The largest absolute Gasteiger partial charge is 0.496 e. The minimum atomic E-state index is -0.124. The van der Waals surface area contributed by atoms with Gasteiger partial charge in [-0.25, -0.2) is 0 Å². The SMILES string of the molecule is COc1ccc(C)cc1CC1(CO)CCOC1. The molecule has 94 valence electrons. The zero-order chi connectivity index (χ0) is 12.3. The molecule has 0 saturated carbocycles. The number of benzene rings is 1. The summed E-state index contributed by atoms with van der Waals surface area (Å²) in [6.45, 7) is 3.62. The lowest BCUT2D eigenvalue weighted by Crippen LogP contribution is -2.28. The molecule has 3 heteroatoms. The quantitative estimate of drug-likeness (QED) is 0.868. The van der Waals surface area contributed by atoms with Crippen LogP contribution in [0.3, 0.4) is 0 Å². The van der Waals surface area contributed by atoms with Gasteiger partial charge in [-0.2, -0.15) is 0 Å². The molecule has 1 saturated heterocycles. The van der Waals surface area contributed by atoms with E-state index in [-0.39, 0.29) is 12.0 Å². The van der Waals surface area contributed by atoms with Crippen molar-refractivity contribution in [3.05, 3.63) is 29.3 Å². The summed E-state index contributed by atoms with van der Waals surface area (Å²) in [5, 5.41) is 9.59. The van der Waals surface area contributed by atoms with Gasteiger partial charge in [-0.3, -0.25) is 0 Å². The second kappa shape index (κ2) is 5.07. The van der Waals surface area contributed by atoms with E-state index in [4.69, 9.17) is 9.47 Å². The molecule has 0 amide bonds. The number of aryl methyl sites for hydroxylation is 1. The number of methoxy groups -OCH3 is 1. The van der Waals surface area contributed by atoms with Gasteiger partial charge in [-0.15, -0.1) is 0 Å². The highest BCUT2D eigenvalue weighted by Crippen LogP contribution is 2.35. The van der Waals surface area contributed by atoms with Crippen molar-refractivity contribution in [2.45, 2.75) is 19.8 Å². The first-order valence-corrected chi connectivity index (χ1v) is 6.01. The summed E-state index contributed by atoms with van der Waals surface area (Å²) in [7, 11) is 1.69. The molecular formula is C14H20O3. The molecule has 17 heavy (non-hydrogen) atoms. The molecule has 0 spiro atoms. The van der Waals surface area contributed by atoms with E-state index in [1.165, 1.54) is 5.56 Å². The van der Waals surface area contributed by atoms with Crippen LogP contribution in [0.25, 0.3) is 0 Å². The number of hydrogen-bond acceptors (Lipinski definition) is 3. The number of rotatable bonds is 4. The fourth-order valence-electron chi connectivity index (χ4n) is 2.42. The number of aliphatic hydroxyl groups is 1. The van der Waals surface area contributed by atoms with Gasteiger partial charge in [0.15, 0.2) is 0 Å². The Labute approximate surface area is 102 Å². The van der Waals surface area contributed by atoms with Crippen LogP contribution in [0.1, 0.15) is 17.5 Å². The van der Waals surface area contributed by atoms with Crippen LogP contribution in [-0.2, 0) is 11.2 Å². The van der Waals surface area contributed by atoms with Gasteiger partial charge >= 0.3 is 0 Å². The lowest BCUT2D eigenvalue weighted by atomic mass is 9.81. The maximum atomic E-state index is 9.59. The Morgan fingerprint density at radius 1 is 1.47 bits per heavy atom. The highest BCUT2D eigenvalue weighted by molar-refractivity contribution is 5.37. The van der Waals surface area contributed by atoms with Crippen LogP contribution < -0.4 is 4.74 Å². The molecule has 1 aliphatic heterocycles. The zero-order valence-corrected chi connectivity index (χ0v) is 10.5. The summed E-state index contributed by atoms with van der Waals surface area (Å²) in [4.78, 5) is 0. The molecule has 1 aromatic carbocycles. The summed E-state index contributed by atoms with van der Waals surface area (Å²) in [6, 6.07) is 6.17. The molecule has 0 bridgehead atoms. The predicted octanol–water partition coefficient (Wildman–Crippen LogP) is 1.95. The van der Waals surface area contributed by atoms with Crippen molar-refractivity contribution in [3.8, 4) is 5.75 Å². The van der Waals surface area contributed by atoms with E-state index in [0.29, 0.717) is 6.61 Å². The smallest absolute Gasteiger partial charge is 0.122 e. The second-order valence-corrected chi connectivity index (χ2v) is 4.95. The Hall–Kier alpha value is -1.06. The first-order chi connectivity index (χ1) is 8.19. The van der Waals surface area contributed by atoms with Crippen molar-refractivity contribution in [2.75, 3.05) is 26.9 Å². The van der Waals surface area contributed by atoms with Crippen molar-refractivity contribution in [1.29, 1.82) is 0 Å². The Morgan fingerprint density at radius 3 is 2.88 bits per heavy atom. The fraction of sp³-hybridized carbons (Fsp3) is 0.571. The Morgan fingerprint density at radius 2 is 2.29 bits per heavy atom. The molecule has 1 heterocycles. The lowest BCUT2D eigenvalue weighted by molar-refractivity contribution is 0.0930. The van der Waals surface area contributed by atoms with Gasteiger partial charge in [-0.05, 0) is 31.4 Å². The van der Waals surface area contributed by atoms with Gasteiger partial charge in [0.05, 0.1) is 20.3 Å². The lowest BCUT2D eigenvalue weighted by Gasteiger charge is -2.25. The minimum absolute atomic E-state index is 0.124. The molecule has 0 aromatic heterocycles. The average molecular weight is 236 g/mol. The third-order valence-electron chi connectivity index (χ3n) is 3.52. The highest BCUT2D eigenvalue weighted by atomic mass is 16.5. The molecule has 1 unspecified atom stereocenters. The maximum Gasteiger partial charge on any atom is 0.122 e. The standard InChI is InChI=1S/C14H20O3/c1-11-3-4-13(16-2)12(7-11)8-14(9-15)5-6-17-10-14/h3-4,7,15H,5-6,8-10H2,1-2H3. The van der Waals surface area contributed by atoms with Crippen LogP contribution in [0.5, 0.6) is 5.75 Å². The van der Waals surface area contributed by atoms with Crippen molar-refractivity contribution in [3.63, 3.8) is 0 Å². The summed E-state index contributed by atoms with van der Waals surface area (Å²) in [5.74, 6) is 0.898. The summed E-state index contributed by atoms with van der Waals surface area (Å²) in [6.07, 6.45) is 1.73. The topological polar surface area (TPSA) is 38.7 Å². The van der Waals surface area contributed by atoms with E-state index in [1.807, 2.05) is 12.1 Å². The third kappa shape index (κ3) is 2.61. The summed E-state index contributed by atoms with van der Waals surface area (Å²) < 4.78 is 10.8. The molecule has 1 fully saturated rings. The molecule has 0 aliphatic carbocycles. The Balaban J connectivity index is 2.24. The van der Waals surface area contributed by atoms with Gasteiger partial charge in [-0.1, -0.05) is 17.7 Å². The van der Waals surface area contributed by atoms with E-state index < -0.39 is 0 Å². The van der Waals surface area contributed by atoms with Crippen LogP contribution in [0.15, 0.2) is 18.2 Å². The van der Waals surface area contributed by atoms with E-state index in [1.54, 1.807) is 7.11 Å². The van der Waals surface area contributed by atoms with Gasteiger partial charge in [0.1, 0.15) is 5.75 Å². The van der Waals surface area contributed by atoms with Crippen molar-refractivity contribution >= 4 is 0 Å². The highest BCUT2D eigenvalue weighted by Gasteiger charge is 2.35. The molecule has 0 radical (unpaired) electrons. The minimum Gasteiger partial charge on any atom is -0.496 e. The van der Waals surface area contributed by atoms with E-state index >= 15 is 0 Å². The molecule has 3 nitrogen and oxygen atoms in total. The zero-order valence-electron chi connectivity index (χ0n) is 10.5. The van der Waals surface area contributed by atoms with Gasteiger partial charge < -0.3 is 14.6 Å². The second-order valence-electron chi connectivity index (χ2n) is 4.95. The molecule has 1 aromatic rings. The van der Waals surface area contributed by atoms with Crippen molar-refractivity contribution < 1.29 is 14.6 Å². The van der Waals surface area contributed by atoms with Crippen LogP contribution in [-0.4, -0.2) is 32.0 Å². The Kier molecular flexibility index (Phi) is 3.69. The molecular weight excluding hydrogens is 216 g/mol. The van der Waals surface area contributed by atoms with E-state index in [0.717, 1.165) is 30.8 Å². The Bertz CT molecular complexity index is 381. The van der Waals surface area contributed by atoms with Crippen LogP contribution in [0, 0.1) is 12.3 Å². The predicted molar refractivity (Wildman–Crippen MR) is 66.4 cm³/mol. The third-order valence-corrected chi connectivity index (χ3v) is 3.52. The fourth-order valence-corrected chi connectivity index (χ4v) is 2.42. The van der Waals surface area contributed by atoms with Crippen LogP contribution >= 0.6 is 0 Å². The van der Waals surface area contributed by atoms with Gasteiger partial charge in [0, 0.05) is 12.0 Å².